The lowest BCUT2D eigenvalue weighted by Gasteiger charge is -2.10. The van der Waals surface area contributed by atoms with E-state index in [4.69, 9.17) is 5.73 Å². The minimum Gasteiger partial charge on any atom is -0.321 e. The predicted octanol–water partition coefficient (Wildman–Crippen LogP) is 2.33. The standard InChI is InChI=1S/C9H9F2N.ClH/c10-6-2-1-3-7(11)8(6)9(12)4-5-9;/h1-3H,4-5,12H2;1H. The van der Waals surface area contributed by atoms with Crippen molar-refractivity contribution >= 4 is 12.4 Å². The third-order valence-electron chi connectivity index (χ3n) is 2.25. The average molecular weight is 206 g/mol. The maximum Gasteiger partial charge on any atom is 0.131 e. The zero-order chi connectivity index (χ0) is 8.77. The molecule has 4 heteroatoms. The minimum absolute atomic E-state index is 0. The summed E-state index contributed by atoms with van der Waals surface area (Å²) in [5, 5.41) is 0. The summed E-state index contributed by atoms with van der Waals surface area (Å²) < 4.78 is 26.1. The third-order valence-corrected chi connectivity index (χ3v) is 2.25. The monoisotopic (exact) mass is 205 g/mol. The van der Waals surface area contributed by atoms with Gasteiger partial charge in [-0.05, 0) is 25.0 Å². The number of hydrogen-bond acceptors (Lipinski definition) is 1. The summed E-state index contributed by atoms with van der Waals surface area (Å²) in [6.07, 6.45) is 1.34. The van der Waals surface area contributed by atoms with Gasteiger partial charge in [-0.15, -0.1) is 12.4 Å². The maximum absolute atomic E-state index is 13.1. The molecule has 1 fully saturated rings. The molecule has 1 aromatic rings. The molecule has 0 atom stereocenters. The Morgan fingerprint density at radius 2 is 1.62 bits per heavy atom. The molecule has 0 aromatic heterocycles. The number of rotatable bonds is 1. The number of benzene rings is 1. The van der Waals surface area contributed by atoms with Crippen LogP contribution in [0, 0.1) is 11.6 Å². The van der Waals surface area contributed by atoms with Crippen LogP contribution in [0.4, 0.5) is 8.78 Å². The second kappa shape index (κ2) is 3.24. The summed E-state index contributed by atoms with van der Waals surface area (Å²) in [6.45, 7) is 0. The molecule has 0 bridgehead atoms. The fraction of sp³-hybridized carbons (Fsp3) is 0.333. The average Bonchev–Trinajstić information content (AvgIpc) is 2.68. The molecular weight excluding hydrogens is 196 g/mol. The highest BCUT2D eigenvalue weighted by Crippen LogP contribution is 2.44. The fourth-order valence-corrected chi connectivity index (χ4v) is 1.36. The fourth-order valence-electron chi connectivity index (χ4n) is 1.36. The molecule has 1 aliphatic carbocycles. The van der Waals surface area contributed by atoms with Gasteiger partial charge in [0.15, 0.2) is 0 Å². The SMILES string of the molecule is Cl.NC1(c2c(F)cccc2F)CC1. The van der Waals surface area contributed by atoms with Gasteiger partial charge in [0.25, 0.3) is 0 Å². The van der Waals surface area contributed by atoms with Crippen molar-refractivity contribution in [2.45, 2.75) is 18.4 Å². The number of halogens is 3. The van der Waals surface area contributed by atoms with Crippen molar-refractivity contribution < 1.29 is 8.78 Å². The molecular formula is C9H10ClF2N. The van der Waals surface area contributed by atoms with Crippen LogP contribution in [0.25, 0.3) is 0 Å². The lowest BCUT2D eigenvalue weighted by atomic mass is 10.0. The Morgan fingerprint density at radius 1 is 1.15 bits per heavy atom. The first-order chi connectivity index (χ1) is 5.63. The van der Waals surface area contributed by atoms with Gasteiger partial charge in [-0.1, -0.05) is 6.07 Å². The summed E-state index contributed by atoms with van der Waals surface area (Å²) >= 11 is 0. The molecule has 1 nitrogen and oxygen atoms in total. The van der Waals surface area contributed by atoms with E-state index in [-0.39, 0.29) is 18.0 Å². The van der Waals surface area contributed by atoms with Crippen molar-refractivity contribution in [1.82, 2.24) is 0 Å². The van der Waals surface area contributed by atoms with E-state index in [2.05, 4.69) is 0 Å². The van der Waals surface area contributed by atoms with Crippen LogP contribution in [0.1, 0.15) is 18.4 Å². The van der Waals surface area contributed by atoms with Crippen LogP contribution in [-0.4, -0.2) is 0 Å². The quantitative estimate of drug-likeness (QED) is 0.748. The first kappa shape index (κ1) is 10.4. The Labute approximate surface area is 81.3 Å². The van der Waals surface area contributed by atoms with Crippen molar-refractivity contribution in [2.24, 2.45) is 5.73 Å². The molecule has 0 aliphatic heterocycles. The highest BCUT2D eigenvalue weighted by molar-refractivity contribution is 5.85. The van der Waals surface area contributed by atoms with Crippen LogP contribution in [-0.2, 0) is 5.54 Å². The zero-order valence-electron chi connectivity index (χ0n) is 6.89. The van der Waals surface area contributed by atoms with Crippen LogP contribution in [0.15, 0.2) is 18.2 Å². The lowest BCUT2D eigenvalue weighted by molar-refractivity contribution is 0.520. The van der Waals surface area contributed by atoms with E-state index in [1.54, 1.807) is 0 Å². The van der Waals surface area contributed by atoms with Crippen LogP contribution < -0.4 is 5.73 Å². The molecule has 72 valence electrons. The molecule has 0 heterocycles. The van der Waals surface area contributed by atoms with E-state index in [1.807, 2.05) is 0 Å². The van der Waals surface area contributed by atoms with Crippen LogP contribution in [0.2, 0.25) is 0 Å². The summed E-state index contributed by atoms with van der Waals surface area (Å²) in [5.74, 6) is -1.06. The Balaban J connectivity index is 0.000000845. The molecule has 2 N–H and O–H groups in total. The lowest BCUT2D eigenvalue weighted by Crippen LogP contribution is -2.22. The topological polar surface area (TPSA) is 26.0 Å². The van der Waals surface area contributed by atoms with E-state index in [1.165, 1.54) is 18.2 Å². The van der Waals surface area contributed by atoms with Crippen molar-refractivity contribution in [3.63, 3.8) is 0 Å². The molecule has 13 heavy (non-hydrogen) atoms. The molecule has 0 unspecified atom stereocenters. The second-order valence-corrected chi connectivity index (χ2v) is 3.25. The first-order valence-electron chi connectivity index (χ1n) is 3.87. The van der Waals surface area contributed by atoms with Gasteiger partial charge in [0, 0.05) is 11.1 Å². The normalized spacial score (nSPS) is 17.8. The minimum atomic E-state index is -0.727. The van der Waals surface area contributed by atoms with Gasteiger partial charge < -0.3 is 5.73 Å². The summed E-state index contributed by atoms with van der Waals surface area (Å²) in [4.78, 5) is 0. The summed E-state index contributed by atoms with van der Waals surface area (Å²) in [5.41, 5.74) is 5.01. The second-order valence-electron chi connectivity index (χ2n) is 3.25. The summed E-state index contributed by atoms with van der Waals surface area (Å²) in [6, 6.07) is 3.83. The predicted molar refractivity (Wildman–Crippen MR) is 48.7 cm³/mol. The van der Waals surface area contributed by atoms with E-state index < -0.39 is 17.2 Å². The zero-order valence-corrected chi connectivity index (χ0v) is 7.70. The van der Waals surface area contributed by atoms with Gasteiger partial charge in [0.2, 0.25) is 0 Å². The Bertz CT molecular complexity index is 303. The molecule has 0 amide bonds. The summed E-state index contributed by atoms with van der Waals surface area (Å²) in [7, 11) is 0. The number of nitrogens with two attached hydrogens (primary N) is 1. The van der Waals surface area contributed by atoms with Gasteiger partial charge in [-0.25, -0.2) is 8.78 Å². The van der Waals surface area contributed by atoms with Crippen molar-refractivity contribution in [3.05, 3.63) is 35.4 Å². The molecule has 1 aliphatic rings. The van der Waals surface area contributed by atoms with Gasteiger partial charge in [-0.3, -0.25) is 0 Å². The highest BCUT2D eigenvalue weighted by atomic mass is 35.5. The smallest absolute Gasteiger partial charge is 0.131 e. The van der Waals surface area contributed by atoms with Gasteiger partial charge in [0.1, 0.15) is 11.6 Å². The first-order valence-corrected chi connectivity index (χ1v) is 3.87. The van der Waals surface area contributed by atoms with Crippen LogP contribution >= 0.6 is 12.4 Å². The van der Waals surface area contributed by atoms with E-state index in [0.29, 0.717) is 12.8 Å². The van der Waals surface area contributed by atoms with E-state index in [0.717, 1.165) is 0 Å². The Kier molecular flexibility index (Phi) is 2.59. The molecule has 1 aromatic carbocycles. The van der Waals surface area contributed by atoms with Crippen molar-refractivity contribution in [3.8, 4) is 0 Å². The van der Waals surface area contributed by atoms with Gasteiger partial charge in [0.05, 0.1) is 0 Å². The largest absolute Gasteiger partial charge is 0.321 e. The maximum atomic E-state index is 13.1. The van der Waals surface area contributed by atoms with E-state index in [9.17, 15) is 8.78 Å². The molecule has 0 spiro atoms. The highest BCUT2D eigenvalue weighted by Gasteiger charge is 2.43. The van der Waals surface area contributed by atoms with Gasteiger partial charge >= 0.3 is 0 Å². The Morgan fingerprint density at radius 3 is 2.00 bits per heavy atom. The number of hydrogen-bond donors (Lipinski definition) is 1. The molecule has 0 saturated heterocycles. The molecule has 2 rings (SSSR count). The molecule has 1 saturated carbocycles. The third kappa shape index (κ3) is 1.67. The van der Waals surface area contributed by atoms with Crippen LogP contribution in [0.5, 0.6) is 0 Å². The van der Waals surface area contributed by atoms with Crippen molar-refractivity contribution in [2.75, 3.05) is 0 Å². The van der Waals surface area contributed by atoms with Crippen molar-refractivity contribution in [1.29, 1.82) is 0 Å². The Hall–Kier alpha value is -0.670. The van der Waals surface area contributed by atoms with Crippen LogP contribution in [0.3, 0.4) is 0 Å². The van der Waals surface area contributed by atoms with E-state index >= 15 is 0 Å². The molecule has 0 radical (unpaired) electrons. The van der Waals surface area contributed by atoms with Gasteiger partial charge in [-0.2, -0.15) is 0 Å².